The maximum atomic E-state index is 12.6. The van der Waals surface area contributed by atoms with Crippen LogP contribution in [-0.4, -0.2) is 67.8 Å². The molecule has 1 unspecified atom stereocenters. The molecule has 2 aliphatic rings. The van der Waals surface area contributed by atoms with Gasteiger partial charge in [0.25, 0.3) is 5.91 Å². The third kappa shape index (κ3) is 4.10. The van der Waals surface area contributed by atoms with Crippen LogP contribution in [0, 0.1) is 13.8 Å². The van der Waals surface area contributed by atoms with Gasteiger partial charge >= 0.3 is 0 Å². The molecule has 1 aromatic carbocycles. The van der Waals surface area contributed by atoms with Crippen molar-refractivity contribution in [2.75, 3.05) is 46.0 Å². The van der Waals surface area contributed by atoms with Crippen LogP contribution in [0.3, 0.4) is 0 Å². The minimum atomic E-state index is -0.341. The zero-order chi connectivity index (χ0) is 16.2. The zero-order valence-electron chi connectivity index (χ0n) is 14.1. The summed E-state index contributed by atoms with van der Waals surface area (Å²) in [6, 6.07) is 6.55. The SMILES string of the molecule is Cc1ccc(C)c(CN2CCOC(C(=O)N3CCOCC3)C2)c1. The molecule has 0 bridgehead atoms. The van der Waals surface area contributed by atoms with E-state index in [0.29, 0.717) is 39.5 Å². The highest BCUT2D eigenvalue weighted by Crippen LogP contribution is 2.17. The molecule has 23 heavy (non-hydrogen) atoms. The minimum absolute atomic E-state index is 0.110. The molecule has 0 spiro atoms. The first kappa shape index (κ1) is 16.4. The molecule has 0 aliphatic carbocycles. The Morgan fingerprint density at radius 1 is 1.17 bits per heavy atom. The van der Waals surface area contributed by atoms with Gasteiger partial charge in [0.15, 0.2) is 0 Å². The van der Waals surface area contributed by atoms with Crippen molar-refractivity contribution >= 4 is 5.91 Å². The Kier molecular flexibility index (Phi) is 5.30. The lowest BCUT2D eigenvalue weighted by Gasteiger charge is -2.36. The summed E-state index contributed by atoms with van der Waals surface area (Å²) >= 11 is 0. The van der Waals surface area contributed by atoms with E-state index in [1.54, 1.807) is 0 Å². The monoisotopic (exact) mass is 318 g/mol. The molecule has 5 nitrogen and oxygen atoms in total. The highest BCUT2D eigenvalue weighted by Gasteiger charge is 2.31. The van der Waals surface area contributed by atoms with Gasteiger partial charge in [-0.1, -0.05) is 23.8 Å². The van der Waals surface area contributed by atoms with Crippen LogP contribution in [-0.2, 0) is 20.8 Å². The summed E-state index contributed by atoms with van der Waals surface area (Å²) in [5, 5.41) is 0. The van der Waals surface area contributed by atoms with Crippen LogP contribution in [0.2, 0.25) is 0 Å². The van der Waals surface area contributed by atoms with Gasteiger partial charge in [-0.05, 0) is 25.0 Å². The van der Waals surface area contributed by atoms with Crippen LogP contribution >= 0.6 is 0 Å². The van der Waals surface area contributed by atoms with E-state index in [4.69, 9.17) is 9.47 Å². The molecule has 0 saturated carbocycles. The topological polar surface area (TPSA) is 42.0 Å². The molecule has 0 aromatic heterocycles. The third-order valence-corrected chi connectivity index (χ3v) is 4.65. The van der Waals surface area contributed by atoms with Crippen LogP contribution in [0.5, 0.6) is 0 Å². The molecular weight excluding hydrogens is 292 g/mol. The number of amides is 1. The highest BCUT2D eigenvalue weighted by molar-refractivity contribution is 5.81. The largest absolute Gasteiger partial charge is 0.378 e. The van der Waals surface area contributed by atoms with Gasteiger partial charge in [-0.2, -0.15) is 0 Å². The van der Waals surface area contributed by atoms with Crippen LogP contribution in [0.25, 0.3) is 0 Å². The van der Waals surface area contributed by atoms with E-state index in [-0.39, 0.29) is 12.0 Å². The molecule has 2 saturated heterocycles. The summed E-state index contributed by atoms with van der Waals surface area (Å²) in [5.41, 5.74) is 3.92. The standard InChI is InChI=1S/C18H26N2O3/c1-14-3-4-15(2)16(11-14)12-19-5-10-23-17(13-19)18(21)20-6-8-22-9-7-20/h3-4,11,17H,5-10,12-13H2,1-2H3. The number of morpholine rings is 2. The summed E-state index contributed by atoms with van der Waals surface area (Å²) in [7, 11) is 0. The van der Waals surface area contributed by atoms with Crippen LogP contribution < -0.4 is 0 Å². The van der Waals surface area contributed by atoms with E-state index in [1.165, 1.54) is 16.7 Å². The number of aryl methyl sites for hydroxylation is 2. The smallest absolute Gasteiger partial charge is 0.253 e. The fourth-order valence-corrected chi connectivity index (χ4v) is 3.19. The van der Waals surface area contributed by atoms with E-state index >= 15 is 0 Å². The van der Waals surface area contributed by atoms with E-state index < -0.39 is 0 Å². The Bertz CT molecular complexity index is 555. The van der Waals surface area contributed by atoms with Crippen molar-refractivity contribution in [1.29, 1.82) is 0 Å². The molecule has 1 aromatic rings. The molecule has 0 radical (unpaired) electrons. The second-order valence-corrected chi connectivity index (χ2v) is 6.46. The zero-order valence-corrected chi connectivity index (χ0v) is 14.1. The summed E-state index contributed by atoms with van der Waals surface area (Å²) in [6.07, 6.45) is -0.341. The van der Waals surface area contributed by atoms with Crippen molar-refractivity contribution in [2.45, 2.75) is 26.5 Å². The number of carbonyl (C=O) groups excluding carboxylic acids is 1. The molecule has 3 rings (SSSR count). The highest BCUT2D eigenvalue weighted by atomic mass is 16.5. The average molecular weight is 318 g/mol. The molecule has 2 aliphatic heterocycles. The van der Waals surface area contributed by atoms with Crippen molar-refractivity contribution < 1.29 is 14.3 Å². The molecule has 2 heterocycles. The normalized spacial score (nSPS) is 23.0. The van der Waals surface area contributed by atoms with Gasteiger partial charge in [0.05, 0.1) is 19.8 Å². The first-order valence-corrected chi connectivity index (χ1v) is 8.40. The number of ether oxygens (including phenoxy) is 2. The lowest BCUT2D eigenvalue weighted by molar-refractivity contribution is -0.153. The van der Waals surface area contributed by atoms with Gasteiger partial charge in [0.1, 0.15) is 6.10 Å². The molecule has 1 amide bonds. The van der Waals surface area contributed by atoms with Crippen molar-refractivity contribution in [3.8, 4) is 0 Å². The molecular formula is C18H26N2O3. The van der Waals surface area contributed by atoms with Crippen LogP contribution in [0.15, 0.2) is 18.2 Å². The fourth-order valence-electron chi connectivity index (χ4n) is 3.19. The summed E-state index contributed by atoms with van der Waals surface area (Å²) < 4.78 is 11.1. The van der Waals surface area contributed by atoms with Crippen molar-refractivity contribution in [1.82, 2.24) is 9.80 Å². The minimum Gasteiger partial charge on any atom is -0.378 e. The number of carbonyl (C=O) groups is 1. The molecule has 1 atom stereocenters. The second kappa shape index (κ2) is 7.43. The van der Waals surface area contributed by atoms with Crippen molar-refractivity contribution in [3.63, 3.8) is 0 Å². The second-order valence-electron chi connectivity index (χ2n) is 6.46. The van der Waals surface area contributed by atoms with Gasteiger partial charge in [-0.25, -0.2) is 0 Å². The molecule has 0 N–H and O–H groups in total. The Hall–Kier alpha value is -1.43. The Labute approximate surface area is 138 Å². The number of rotatable bonds is 3. The average Bonchev–Trinajstić information content (AvgIpc) is 2.58. The predicted molar refractivity (Wildman–Crippen MR) is 88.3 cm³/mol. The summed E-state index contributed by atoms with van der Waals surface area (Å²) in [4.78, 5) is 16.8. The van der Waals surface area contributed by atoms with Crippen molar-refractivity contribution in [2.24, 2.45) is 0 Å². The van der Waals surface area contributed by atoms with Gasteiger partial charge in [-0.15, -0.1) is 0 Å². The van der Waals surface area contributed by atoms with Crippen molar-refractivity contribution in [3.05, 3.63) is 34.9 Å². The maximum absolute atomic E-state index is 12.6. The Morgan fingerprint density at radius 2 is 1.96 bits per heavy atom. The fraction of sp³-hybridized carbons (Fsp3) is 0.611. The van der Waals surface area contributed by atoms with E-state index in [0.717, 1.165) is 13.1 Å². The van der Waals surface area contributed by atoms with Gasteiger partial charge in [0, 0.05) is 32.7 Å². The molecule has 2 fully saturated rings. The lowest BCUT2D eigenvalue weighted by atomic mass is 10.0. The van der Waals surface area contributed by atoms with E-state index in [2.05, 4.69) is 36.9 Å². The summed E-state index contributed by atoms with van der Waals surface area (Å²) in [5.74, 6) is 0.110. The molecule has 5 heteroatoms. The van der Waals surface area contributed by atoms with Gasteiger partial charge in [0.2, 0.25) is 0 Å². The van der Waals surface area contributed by atoms with E-state index in [9.17, 15) is 4.79 Å². The first-order valence-electron chi connectivity index (χ1n) is 8.40. The van der Waals surface area contributed by atoms with Crippen LogP contribution in [0.1, 0.15) is 16.7 Å². The maximum Gasteiger partial charge on any atom is 0.253 e. The van der Waals surface area contributed by atoms with Gasteiger partial charge < -0.3 is 14.4 Å². The Balaban J connectivity index is 1.61. The van der Waals surface area contributed by atoms with Crippen LogP contribution in [0.4, 0.5) is 0 Å². The quantitative estimate of drug-likeness (QED) is 0.844. The van der Waals surface area contributed by atoms with Gasteiger partial charge in [-0.3, -0.25) is 9.69 Å². The number of hydrogen-bond donors (Lipinski definition) is 0. The molecule has 126 valence electrons. The number of nitrogens with zero attached hydrogens (tertiary/aromatic N) is 2. The Morgan fingerprint density at radius 3 is 2.74 bits per heavy atom. The number of hydrogen-bond acceptors (Lipinski definition) is 4. The number of benzene rings is 1. The third-order valence-electron chi connectivity index (χ3n) is 4.65. The lowest BCUT2D eigenvalue weighted by Crippen LogP contribution is -2.53. The predicted octanol–water partition coefficient (Wildman–Crippen LogP) is 1.36. The van der Waals surface area contributed by atoms with E-state index in [1.807, 2.05) is 4.90 Å². The summed E-state index contributed by atoms with van der Waals surface area (Å²) in [6.45, 7) is 9.92. The first-order chi connectivity index (χ1) is 11.1.